The zero-order chi connectivity index (χ0) is 19.1. The third-order valence-electron chi connectivity index (χ3n) is 5.32. The first-order valence-electron chi connectivity index (χ1n) is 8.74. The van der Waals surface area contributed by atoms with Crippen molar-refractivity contribution in [2.75, 3.05) is 24.5 Å². The Kier molecular flexibility index (Phi) is 6.33. The number of benzene rings is 1. The summed E-state index contributed by atoms with van der Waals surface area (Å²) >= 11 is 0. The summed E-state index contributed by atoms with van der Waals surface area (Å²) in [6.45, 7) is 6.15. The fourth-order valence-electron chi connectivity index (χ4n) is 3.79. The molecule has 152 valence electrons. The van der Waals surface area contributed by atoms with Gasteiger partial charge in [0, 0.05) is 37.4 Å². The second kappa shape index (κ2) is 7.85. The molecular formula is C18H25ClF3N3O2. The van der Waals surface area contributed by atoms with Crippen molar-refractivity contribution < 1.29 is 22.7 Å². The van der Waals surface area contributed by atoms with Crippen molar-refractivity contribution in [3.63, 3.8) is 0 Å². The van der Waals surface area contributed by atoms with Gasteiger partial charge in [-0.25, -0.2) is 0 Å². The number of piperidine rings is 1. The standard InChI is InChI=1S/C18H24F3N3O2.ClH/c1-17(2)11-23(8-7-15(17)22)14-6-9-24(16(14)25)12-4-3-5-13(10-12)26-18(19,20)21;/h3-5,10,14-15H,6-9,11,22H2,1-2H3;1H. The molecule has 2 heterocycles. The second-order valence-electron chi connectivity index (χ2n) is 7.69. The Bertz CT molecular complexity index is 684. The molecule has 1 amide bonds. The number of likely N-dealkylation sites (tertiary alicyclic amines) is 1. The van der Waals surface area contributed by atoms with E-state index in [4.69, 9.17) is 5.73 Å². The number of carbonyl (C=O) groups excluding carboxylic acids is 1. The SMILES string of the molecule is CC1(C)CN(C2CCN(c3cccc(OC(F)(F)F)c3)C2=O)CCC1N.Cl. The van der Waals surface area contributed by atoms with Gasteiger partial charge >= 0.3 is 6.36 Å². The highest BCUT2D eigenvalue weighted by Gasteiger charge is 2.42. The van der Waals surface area contributed by atoms with Gasteiger partial charge in [-0.15, -0.1) is 25.6 Å². The van der Waals surface area contributed by atoms with E-state index < -0.39 is 6.36 Å². The van der Waals surface area contributed by atoms with E-state index in [0.717, 1.165) is 19.5 Å². The van der Waals surface area contributed by atoms with Crippen LogP contribution in [0.3, 0.4) is 0 Å². The van der Waals surface area contributed by atoms with Crippen LogP contribution in [0.2, 0.25) is 0 Å². The van der Waals surface area contributed by atoms with E-state index >= 15 is 0 Å². The van der Waals surface area contributed by atoms with Crippen molar-refractivity contribution in [2.45, 2.75) is 45.1 Å². The molecule has 0 radical (unpaired) electrons. The van der Waals surface area contributed by atoms with E-state index in [1.54, 1.807) is 6.07 Å². The molecule has 0 saturated carbocycles. The smallest absolute Gasteiger partial charge is 0.406 e. The van der Waals surface area contributed by atoms with Crippen LogP contribution in [0.25, 0.3) is 0 Å². The van der Waals surface area contributed by atoms with Crippen molar-refractivity contribution in [3.05, 3.63) is 24.3 Å². The monoisotopic (exact) mass is 407 g/mol. The fourth-order valence-corrected chi connectivity index (χ4v) is 3.79. The summed E-state index contributed by atoms with van der Waals surface area (Å²) in [6, 6.07) is 5.41. The first-order valence-corrected chi connectivity index (χ1v) is 8.74. The average Bonchev–Trinajstić information content (AvgIpc) is 2.90. The van der Waals surface area contributed by atoms with Crippen LogP contribution in [0.5, 0.6) is 5.75 Å². The Balaban J connectivity index is 0.00000261. The van der Waals surface area contributed by atoms with Gasteiger partial charge in [0.2, 0.25) is 5.91 Å². The summed E-state index contributed by atoms with van der Waals surface area (Å²) in [6.07, 6.45) is -3.28. The van der Waals surface area contributed by atoms with Crippen LogP contribution >= 0.6 is 12.4 Å². The maximum Gasteiger partial charge on any atom is 0.573 e. The Morgan fingerprint density at radius 1 is 1.22 bits per heavy atom. The summed E-state index contributed by atoms with van der Waals surface area (Å²) in [5.74, 6) is -0.406. The molecule has 0 aliphatic carbocycles. The molecular weight excluding hydrogens is 383 g/mol. The molecule has 5 nitrogen and oxygen atoms in total. The molecule has 27 heavy (non-hydrogen) atoms. The summed E-state index contributed by atoms with van der Waals surface area (Å²) in [7, 11) is 0. The number of hydrogen-bond acceptors (Lipinski definition) is 4. The maximum absolute atomic E-state index is 12.9. The fraction of sp³-hybridized carbons (Fsp3) is 0.611. The highest BCUT2D eigenvalue weighted by molar-refractivity contribution is 5.99. The molecule has 0 bridgehead atoms. The summed E-state index contributed by atoms with van der Waals surface area (Å²) in [5.41, 5.74) is 6.51. The molecule has 2 atom stereocenters. The number of nitrogens with zero attached hydrogens (tertiary/aromatic N) is 2. The molecule has 3 rings (SSSR count). The Morgan fingerprint density at radius 2 is 1.93 bits per heavy atom. The topological polar surface area (TPSA) is 58.8 Å². The van der Waals surface area contributed by atoms with Gasteiger partial charge in [-0.05, 0) is 30.4 Å². The van der Waals surface area contributed by atoms with E-state index in [-0.39, 0.29) is 41.6 Å². The van der Waals surface area contributed by atoms with Crippen LogP contribution < -0.4 is 15.4 Å². The Morgan fingerprint density at radius 3 is 2.56 bits per heavy atom. The second-order valence-corrected chi connectivity index (χ2v) is 7.69. The van der Waals surface area contributed by atoms with Crippen molar-refractivity contribution in [1.82, 2.24) is 4.90 Å². The number of amides is 1. The Labute approximate surface area is 163 Å². The highest BCUT2D eigenvalue weighted by Crippen LogP contribution is 2.34. The zero-order valence-electron chi connectivity index (χ0n) is 15.3. The number of ether oxygens (including phenoxy) is 1. The molecule has 2 saturated heterocycles. The number of rotatable bonds is 3. The van der Waals surface area contributed by atoms with Gasteiger partial charge < -0.3 is 15.4 Å². The number of alkyl halides is 3. The third-order valence-corrected chi connectivity index (χ3v) is 5.32. The average molecular weight is 408 g/mol. The molecule has 9 heteroatoms. The van der Waals surface area contributed by atoms with Crippen LogP contribution in [-0.4, -0.2) is 48.9 Å². The predicted octanol–water partition coefficient (Wildman–Crippen LogP) is 3.17. The molecule has 1 aromatic rings. The molecule has 2 aliphatic heterocycles. The zero-order valence-corrected chi connectivity index (χ0v) is 16.1. The minimum Gasteiger partial charge on any atom is -0.406 e. The van der Waals surface area contributed by atoms with E-state index in [1.165, 1.54) is 23.1 Å². The first kappa shape index (κ1) is 21.8. The van der Waals surface area contributed by atoms with Crippen molar-refractivity contribution >= 4 is 24.0 Å². The largest absolute Gasteiger partial charge is 0.573 e. The number of halogens is 4. The highest BCUT2D eigenvalue weighted by atomic mass is 35.5. The van der Waals surface area contributed by atoms with Crippen LogP contribution in [0.4, 0.5) is 18.9 Å². The van der Waals surface area contributed by atoms with Crippen LogP contribution in [0, 0.1) is 5.41 Å². The van der Waals surface area contributed by atoms with Gasteiger partial charge in [0.25, 0.3) is 0 Å². The lowest BCUT2D eigenvalue weighted by Crippen LogP contribution is -2.56. The molecule has 0 spiro atoms. The normalized spacial score (nSPS) is 26.0. The van der Waals surface area contributed by atoms with Gasteiger partial charge in [-0.2, -0.15) is 0 Å². The van der Waals surface area contributed by atoms with Gasteiger partial charge in [-0.3, -0.25) is 9.69 Å². The van der Waals surface area contributed by atoms with Gasteiger partial charge in [-0.1, -0.05) is 19.9 Å². The van der Waals surface area contributed by atoms with Gasteiger partial charge in [0.05, 0.1) is 6.04 Å². The van der Waals surface area contributed by atoms with E-state index in [2.05, 4.69) is 23.5 Å². The van der Waals surface area contributed by atoms with Crippen LogP contribution in [-0.2, 0) is 4.79 Å². The van der Waals surface area contributed by atoms with E-state index in [0.29, 0.717) is 18.7 Å². The number of hydrogen-bond donors (Lipinski definition) is 1. The maximum atomic E-state index is 12.9. The minimum absolute atomic E-state index is 0. The quantitative estimate of drug-likeness (QED) is 0.836. The van der Waals surface area contributed by atoms with Crippen LogP contribution in [0.1, 0.15) is 26.7 Å². The van der Waals surface area contributed by atoms with Gasteiger partial charge in [0.1, 0.15) is 5.75 Å². The lowest BCUT2D eigenvalue weighted by molar-refractivity contribution is -0.274. The lowest BCUT2D eigenvalue weighted by atomic mass is 9.79. The molecule has 2 N–H and O–H groups in total. The van der Waals surface area contributed by atoms with Gasteiger partial charge in [0.15, 0.2) is 0 Å². The molecule has 2 unspecified atom stereocenters. The molecule has 2 fully saturated rings. The van der Waals surface area contributed by atoms with E-state index in [1.807, 2.05) is 0 Å². The summed E-state index contributed by atoms with van der Waals surface area (Å²) < 4.78 is 41.2. The number of nitrogens with two attached hydrogens (primary N) is 1. The van der Waals surface area contributed by atoms with Crippen molar-refractivity contribution in [2.24, 2.45) is 11.1 Å². The Hall–Kier alpha value is -1.51. The predicted molar refractivity (Wildman–Crippen MR) is 99.1 cm³/mol. The number of carbonyl (C=O) groups is 1. The minimum atomic E-state index is -4.76. The van der Waals surface area contributed by atoms with E-state index in [9.17, 15) is 18.0 Å². The first-order chi connectivity index (χ1) is 12.1. The van der Waals surface area contributed by atoms with Crippen molar-refractivity contribution in [3.8, 4) is 5.75 Å². The molecule has 1 aromatic carbocycles. The molecule has 0 aromatic heterocycles. The number of anilines is 1. The lowest BCUT2D eigenvalue weighted by Gasteiger charge is -2.44. The van der Waals surface area contributed by atoms with Crippen LogP contribution in [0.15, 0.2) is 24.3 Å². The van der Waals surface area contributed by atoms with Crippen molar-refractivity contribution in [1.29, 1.82) is 0 Å². The molecule has 2 aliphatic rings. The summed E-state index contributed by atoms with van der Waals surface area (Å²) in [4.78, 5) is 16.6. The summed E-state index contributed by atoms with van der Waals surface area (Å²) in [5, 5.41) is 0. The third kappa shape index (κ3) is 4.86.